The number of anilines is 2. The number of hydrogen-bond acceptors (Lipinski definition) is 8. The number of rotatable bonds is 13. The average molecular weight is 573 g/mol. The van der Waals surface area contributed by atoms with Gasteiger partial charge in [0.2, 0.25) is 0 Å². The first-order valence-electron chi connectivity index (χ1n) is 13.7. The molecule has 9 nitrogen and oxygen atoms in total. The molecule has 0 fully saturated rings. The summed E-state index contributed by atoms with van der Waals surface area (Å²) in [4.78, 5) is 11.1. The number of benzene rings is 3. The number of nitrogens with one attached hydrogen (secondary N) is 1. The molecule has 5 rings (SSSR count). The Hall–Kier alpha value is -4.02. The fraction of sp³-hybridized carbons (Fsp3) is 0.323. The maximum atomic E-state index is 11.4. The molecular formula is C31H36N6O3S. The van der Waals surface area contributed by atoms with Crippen LogP contribution in [-0.2, 0) is 22.8 Å². The van der Waals surface area contributed by atoms with E-state index in [1.807, 2.05) is 48.3 Å². The SMILES string of the molecule is COc1cc2ncnc(Nc3ccc4c(cnn4Cc4ccccc4)c3)c2cc1CCCCN(C)CCS(C)(=O)=O. The zero-order valence-corrected chi connectivity index (χ0v) is 24.6. The van der Waals surface area contributed by atoms with Gasteiger partial charge in [-0.3, -0.25) is 4.68 Å². The van der Waals surface area contributed by atoms with Crippen molar-refractivity contribution in [3.63, 3.8) is 0 Å². The first-order chi connectivity index (χ1) is 19.8. The number of ether oxygens (including phenoxy) is 1. The van der Waals surface area contributed by atoms with E-state index in [1.54, 1.807) is 13.4 Å². The van der Waals surface area contributed by atoms with Crippen molar-refractivity contribution < 1.29 is 13.2 Å². The summed E-state index contributed by atoms with van der Waals surface area (Å²) in [6.45, 7) is 2.10. The summed E-state index contributed by atoms with van der Waals surface area (Å²) in [5.41, 5.74) is 5.10. The molecule has 0 unspecified atom stereocenters. The van der Waals surface area contributed by atoms with Crippen LogP contribution in [0.1, 0.15) is 24.0 Å². The molecule has 0 saturated heterocycles. The molecule has 3 aromatic carbocycles. The predicted molar refractivity (Wildman–Crippen MR) is 165 cm³/mol. The predicted octanol–water partition coefficient (Wildman–Crippen LogP) is 5.08. The van der Waals surface area contributed by atoms with Crippen molar-refractivity contribution in [2.45, 2.75) is 25.8 Å². The van der Waals surface area contributed by atoms with Gasteiger partial charge in [-0.15, -0.1) is 0 Å². The summed E-state index contributed by atoms with van der Waals surface area (Å²) in [7, 11) is 0.687. The van der Waals surface area contributed by atoms with Crippen LogP contribution in [0.4, 0.5) is 11.5 Å². The third kappa shape index (κ3) is 7.39. The van der Waals surface area contributed by atoms with Crippen molar-refractivity contribution in [3.8, 4) is 5.75 Å². The molecule has 0 atom stereocenters. The summed E-state index contributed by atoms with van der Waals surface area (Å²) in [5.74, 6) is 1.72. The van der Waals surface area contributed by atoms with Gasteiger partial charge in [-0.2, -0.15) is 5.10 Å². The molecule has 0 spiro atoms. The van der Waals surface area contributed by atoms with Crippen LogP contribution in [0, 0.1) is 0 Å². The molecule has 10 heteroatoms. The zero-order chi connectivity index (χ0) is 28.8. The molecule has 1 N–H and O–H groups in total. The van der Waals surface area contributed by atoms with Gasteiger partial charge in [0, 0.05) is 35.3 Å². The number of fused-ring (bicyclic) bond motifs is 2. The average Bonchev–Trinajstić information content (AvgIpc) is 3.36. The lowest BCUT2D eigenvalue weighted by Gasteiger charge is -2.16. The van der Waals surface area contributed by atoms with Crippen molar-refractivity contribution >= 4 is 43.1 Å². The van der Waals surface area contributed by atoms with Gasteiger partial charge in [0.05, 0.1) is 36.6 Å². The third-order valence-corrected chi connectivity index (χ3v) is 8.12. The molecule has 2 heterocycles. The Morgan fingerprint density at radius 1 is 1.00 bits per heavy atom. The Morgan fingerprint density at radius 2 is 1.83 bits per heavy atom. The van der Waals surface area contributed by atoms with E-state index in [0.29, 0.717) is 6.54 Å². The van der Waals surface area contributed by atoms with E-state index >= 15 is 0 Å². The van der Waals surface area contributed by atoms with Crippen molar-refractivity contribution in [2.24, 2.45) is 0 Å². The van der Waals surface area contributed by atoms with Crippen molar-refractivity contribution in [1.29, 1.82) is 0 Å². The maximum Gasteiger partial charge on any atom is 0.148 e. The molecular weight excluding hydrogens is 536 g/mol. The molecule has 0 amide bonds. The Kier molecular flexibility index (Phi) is 8.80. The minimum absolute atomic E-state index is 0.181. The monoisotopic (exact) mass is 572 g/mol. The van der Waals surface area contributed by atoms with Crippen LogP contribution >= 0.6 is 0 Å². The Balaban J connectivity index is 1.30. The Bertz CT molecular complexity index is 1740. The summed E-state index contributed by atoms with van der Waals surface area (Å²) in [6.07, 6.45) is 7.47. The van der Waals surface area contributed by atoms with Crippen LogP contribution in [-0.4, -0.2) is 72.3 Å². The first-order valence-corrected chi connectivity index (χ1v) is 15.8. The lowest BCUT2D eigenvalue weighted by atomic mass is 10.0. The molecule has 0 aliphatic rings. The van der Waals surface area contributed by atoms with Crippen LogP contribution < -0.4 is 10.1 Å². The molecule has 214 valence electrons. The zero-order valence-electron chi connectivity index (χ0n) is 23.7. The lowest BCUT2D eigenvalue weighted by molar-refractivity contribution is 0.343. The maximum absolute atomic E-state index is 11.4. The Labute approximate surface area is 241 Å². The fourth-order valence-electron chi connectivity index (χ4n) is 4.93. The number of aryl methyl sites for hydroxylation is 1. The fourth-order valence-corrected chi connectivity index (χ4v) is 5.57. The third-order valence-electron chi connectivity index (χ3n) is 7.20. The van der Waals surface area contributed by atoms with E-state index in [1.165, 1.54) is 11.8 Å². The number of nitrogens with zero attached hydrogens (tertiary/aromatic N) is 5. The smallest absolute Gasteiger partial charge is 0.148 e. The largest absolute Gasteiger partial charge is 0.496 e. The number of unbranched alkanes of at least 4 members (excludes halogenated alkanes) is 1. The van der Waals surface area contributed by atoms with E-state index in [2.05, 4.69) is 55.6 Å². The van der Waals surface area contributed by atoms with Gasteiger partial charge in [0.15, 0.2) is 0 Å². The molecule has 0 bridgehead atoms. The molecule has 41 heavy (non-hydrogen) atoms. The van der Waals surface area contributed by atoms with Gasteiger partial charge >= 0.3 is 0 Å². The summed E-state index contributed by atoms with van der Waals surface area (Å²) in [5, 5.41) is 10.1. The normalized spacial score (nSPS) is 11.9. The Morgan fingerprint density at radius 3 is 2.61 bits per heavy atom. The summed E-state index contributed by atoms with van der Waals surface area (Å²) >= 11 is 0. The number of sulfone groups is 1. The second kappa shape index (κ2) is 12.7. The number of methoxy groups -OCH3 is 1. The summed E-state index contributed by atoms with van der Waals surface area (Å²) in [6, 6.07) is 20.6. The molecule has 0 radical (unpaired) electrons. The van der Waals surface area contributed by atoms with E-state index in [0.717, 1.165) is 77.0 Å². The molecule has 0 saturated carbocycles. The van der Waals surface area contributed by atoms with Gasteiger partial charge in [-0.05, 0) is 68.2 Å². The van der Waals surface area contributed by atoms with Crippen LogP contribution in [0.3, 0.4) is 0 Å². The van der Waals surface area contributed by atoms with Gasteiger partial charge in [-0.1, -0.05) is 30.3 Å². The number of hydrogen-bond donors (Lipinski definition) is 1. The minimum Gasteiger partial charge on any atom is -0.496 e. The lowest BCUT2D eigenvalue weighted by Crippen LogP contribution is -2.26. The van der Waals surface area contributed by atoms with Gasteiger partial charge in [-0.25, -0.2) is 18.4 Å². The second-order valence-corrected chi connectivity index (χ2v) is 12.7. The first kappa shape index (κ1) is 28.5. The quantitative estimate of drug-likeness (QED) is 0.195. The minimum atomic E-state index is -2.95. The van der Waals surface area contributed by atoms with E-state index < -0.39 is 9.84 Å². The number of aromatic nitrogens is 4. The molecule has 0 aliphatic heterocycles. The van der Waals surface area contributed by atoms with Gasteiger partial charge in [0.25, 0.3) is 0 Å². The standard InChI is InChI=1S/C31H36N6O3S/c1-36(15-16-41(3,38)39)14-8-7-11-24-18-27-28(19-30(24)40-2)32-22-33-31(27)35-26-12-13-29-25(17-26)20-34-37(29)21-23-9-5-4-6-10-23/h4-6,9-10,12-13,17-20,22H,7-8,11,14-16,21H2,1-3H3,(H,32,33,35). The molecule has 0 aliphatic carbocycles. The van der Waals surface area contributed by atoms with Crippen LogP contribution in [0.25, 0.3) is 21.8 Å². The van der Waals surface area contributed by atoms with Crippen molar-refractivity contribution in [2.75, 3.05) is 44.6 Å². The highest BCUT2D eigenvalue weighted by Gasteiger charge is 2.13. The van der Waals surface area contributed by atoms with Gasteiger partial charge in [0.1, 0.15) is 27.7 Å². The highest BCUT2D eigenvalue weighted by Crippen LogP contribution is 2.31. The van der Waals surface area contributed by atoms with E-state index in [4.69, 9.17) is 4.74 Å². The highest BCUT2D eigenvalue weighted by molar-refractivity contribution is 7.90. The molecule has 5 aromatic rings. The van der Waals surface area contributed by atoms with Crippen LogP contribution in [0.15, 0.2) is 73.2 Å². The second-order valence-electron chi connectivity index (χ2n) is 10.5. The van der Waals surface area contributed by atoms with Crippen molar-refractivity contribution in [1.82, 2.24) is 24.6 Å². The highest BCUT2D eigenvalue weighted by atomic mass is 32.2. The van der Waals surface area contributed by atoms with Crippen LogP contribution in [0.5, 0.6) is 5.75 Å². The van der Waals surface area contributed by atoms with Gasteiger partial charge < -0.3 is 15.0 Å². The summed E-state index contributed by atoms with van der Waals surface area (Å²) < 4.78 is 30.6. The topological polar surface area (TPSA) is 102 Å². The molecule has 2 aromatic heterocycles. The van der Waals surface area contributed by atoms with E-state index in [9.17, 15) is 8.42 Å². The van der Waals surface area contributed by atoms with Crippen molar-refractivity contribution in [3.05, 3.63) is 84.3 Å². The van der Waals surface area contributed by atoms with E-state index in [-0.39, 0.29) is 5.75 Å². The van der Waals surface area contributed by atoms with Crippen LogP contribution in [0.2, 0.25) is 0 Å².